The number of ether oxygens (including phenoxy) is 1. The number of aryl methyl sites for hydroxylation is 1. The molecule has 0 saturated carbocycles. The Bertz CT molecular complexity index is 760. The quantitative estimate of drug-likeness (QED) is 0.570. The molecule has 1 aromatic carbocycles. The molecule has 0 aliphatic heterocycles. The Morgan fingerprint density at radius 2 is 2.27 bits per heavy atom. The minimum absolute atomic E-state index is 0.113. The average Bonchev–Trinajstić information content (AvgIpc) is 2.48. The minimum atomic E-state index is -0.348. The summed E-state index contributed by atoms with van der Waals surface area (Å²) in [6.07, 6.45) is 1.44. The van der Waals surface area contributed by atoms with Gasteiger partial charge in [0.1, 0.15) is 5.69 Å². The number of aromatic nitrogens is 3. The number of nitrogens with one attached hydrogen (secondary N) is 2. The van der Waals surface area contributed by atoms with E-state index in [-0.39, 0.29) is 33.7 Å². The molecule has 3 N–H and O–H groups in total. The third-order valence-corrected chi connectivity index (χ3v) is 2.88. The summed E-state index contributed by atoms with van der Waals surface area (Å²) in [6, 6.07) is 3.10. The van der Waals surface area contributed by atoms with Crippen LogP contribution in [0.5, 0.6) is 11.5 Å². The highest BCUT2D eigenvalue weighted by atomic mass is 35.5. The molecule has 0 amide bonds. The number of nitrogens with zero attached hydrogens (tertiary/aromatic N) is 3. The summed E-state index contributed by atoms with van der Waals surface area (Å²) >= 11 is 5.91. The summed E-state index contributed by atoms with van der Waals surface area (Å²) in [5, 5.41) is 21.2. The Labute approximate surface area is 130 Å². The van der Waals surface area contributed by atoms with Crippen molar-refractivity contribution < 1.29 is 9.84 Å². The fourth-order valence-corrected chi connectivity index (χ4v) is 1.76. The fraction of sp³-hybridized carbons (Fsp3) is 0.231. The molecule has 22 heavy (non-hydrogen) atoms. The smallest absolute Gasteiger partial charge is 0.274 e. The van der Waals surface area contributed by atoms with E-state index in [1.54, 1.807) is 19.9 Å². The Morgan fingerprint density at radius 1 is 1.50 bits per heavy atom. The van der Waals surface area contributed by atoms with Crippen LogP contribution in [-0.2, 0) is 0 Å². The summed E-state index contributed by atoms with van der Waals surface area (Å²) < 4.78 is 5.27. The summed E-state index contributed by atoms with van der Waals surface area (Å²) in [4.78, 5) is 13.8. The van der Waals surface area contributed by atoms with Crippen molar-refractivity contribution in [3.8, 4) is 11.5 Å². The predicted octanol–water partition coefficient (Wildman–Crippen LogP) is 1.68. The van der Waals surface area contributed by atoms with Gasteiger partial charge in [-0.3, -0.25) is 9.78 Å². The molecule has 8 nitrogen and oxygen atoms in total. The second-order valence-corrected chi connectivity index (χ2v) is 4.65. The molecular formula is C13H14ClN5O3. The van der Waals surface area contributed by atoms with Crippen molar-refractivity contribution in [3.63, 3.8) is 0 Å². The van der Waals surface area contributed by atoms with Crippen molar-refractivity contribution in [3.05, 3.63) is 38.8 Å². The molecule has 0 aliphatic carbocycles. The van der Waals surface area contributed by atoms with Gasteiger partial charge in [-0.2, -0.15) is 5.10 Å². The number of rotatable bonds is 5. The largest absolute Gasteiger partial charge is 0.503 e. The number of H-pyrrole nitrogens is 1. The van der Waals surface area contributed by atoms with Gasteiger partial charge in [0.05, 0.1) is 17.8 Å². The first-order valence-electron chi connectivity index (χ1n) is 6.39. The van der Waals surface area contributed by atoms with Crippen molar-refractivity contribution in [1.82, 2.24) is 15.2 Å². The second kappa shape index (κ2) is 6.90. The van der Waals surface area contributed by atoms with Crippen molar-refractivity contribution >= 4 is 23.8 Å². The van der Waals surface area contributed by atoms with Gasteiger partial charge in [-0.25, -0.2) is 5.43 Å². The number of phenolic OH excluding ortho intramolecular Hbond substituents is 1. The van der Waals surface area contributed by atoms with Crippen LogP contribution < -0.4 is 15.7 Å². The van der Waals surface area contributed by atoms with Crippen molar-refractivity contribution in [2.45, 2.75) is 13.8 Å². The molecule has 1 aromatic heterocycles. The van der Waals surface area contributed by atoms with E-state index in [0.29, 0.717) is 12.2 Å². The molecule has 0 bridgehead atoms. The predicted molar refractivity (Wildman–Crippen MR) is 82.9 cm³/mol. The summed E-state index contributed by atoms with van der Waals surface area (Å²) in [6.45, 7) is 3.73. The van der Waals surface area contributed by atoms with E-state index in [0.717, 1.165) is 0 Å². The highest BCUT2D eigenvalue weighted by molar-refractivity contribution is 6.32. The molecule has 0 spiro atoms. The molecule has 0 radical (unpaired) electrons. The van der Waals surface area contributed by atoms with Gasteiger partial charge in [-0.1, -0.05) is 11.6 Å². The third-order valence-electron chi connectivity index (χ3n) is 2.60. The van der Waals surface area contributed by atoms with Gasteiger partial charge in [0, 0.05) is 0 Å². The first kappa shape index (κ1) is 15.8. The molecule has 2 rings (SSSR count). The summed E-state index contributed by atoms with van der Waals surface area (Å²) in [7, 11) is 0. The van der Waals surface area contributed by atoms with E-state index in [1.807, 2.05) is 0 Å². The van der Waals surface area contributed by atoms with Crippen LogP contribution in [0.2, 0.25) is 5.02 Å². The minimum Gasteiger partial charge on any atom is -0.503 e. The molecule has 9 heteroatoms. The van der Waals surface area contributed by atoms with Crippen LogP contribution in [-0.4, -0.2) is 33.1 Å². The zero-order valence-corrected chi connectivity index (χ0v) is 12.7. The van der Waals surface area contributed by atoms with Crippen LogP contribution in [0.1, 0.15) is 18.2 Å². The van der Waals surface area contributed by atoms with Gasteiger partial charge < -0.3 is 9.84 Å². The zero-order valence-electron chi connectivity index (χ0n) is 11.9. The molecule has 0 fully saturated rings. The summed E-state index contributed by atoms with van der Waals surface area (Å²) in [5.74, 6) is 0.254. The van der Waals surface area contributed by atoms with Crippen molar-refractivity contribution in [1.29, 1.82) is 0 Å². The van der Waals surface area contributed by atoms with Crippen LogP contribution in [0.15, 0.2) is 22.0 Å². The van der Waals surface area contributed by atoms with Crippen LogP contribution in [0.3, 0.4) is 0 Å². The number of anilines is 1. The SMILES string of the molecule is CCOc1cc(/C=N/Nc2nnc(C)c(=O)[nH]2)cc(Cl)c1O. The lowest BCUT2D eigenvalue weighted by Gasteiger charge is -2.08. The molecular weight excluding hydrogens is 310 g/mol. The van der Waals surface area contributed by atoms with E-state index in [1.165, 1.54) is 12.3 Å². The molecule has 0 saturated heterocycles. The number of benzene rings is 1. The van der Waals surface area contributed by atoms with E-state index in [2.05, 4.69) is 25.7 Å². The molecule has 1 heterocycles. The zero-order chi connectivity index (χ0) is 16.1. The number of hydrogen-bond acceptors (Lipinski definition) is 7. The van der Waals surface area contributed by atoms with Gasteiger partial charge in [-0.15, -0.1) is 10.2 Å². The average molecular weight is 324 g/mol. The Hall–Kier alpha value is -2.61. The number of aromatic hydroxyl groups is 1. The maximum absolute atomic E-state index is 11.4. The topological polar surface area (TPSA) is 112 Å². The molecule has 0 unspecified atom stereocenters. The monoisotopic (exact) mass is 323 g/mol. The molecule has 116 valence electrons. The summed E-state index contributed by atoms with van der Waals surface area (Å²) in [5.41, 5.74) is 3.06. The molecule has 2 aromatic rings. The Morgan fingerprint density at radius 3 is 2.95 bits per heavy atom. The van der Waals surface area contributed by atoms with Crippen molar-refractivity contribution in [2.24, 2.45) is 5.10 Å². The lowest BCUT2D eigenvalue weighted by Crippen LogP contribution is -2.15. The van der Waals surface area contributed by atoms with E-state index in [9.17, 15) is 9.90 Å². The van der Waals surface area contributed by atoms with E-state index < -0.39 is 0 Å². The number of phenols is 1. The van der Waals surface area contributed by atoms with Crippen LogP contribution in [0, 0.1) is 6.92 Å². The van der Waals surface area contributed by atoms with E-state index >= 15 is 0 Å². The third kappa shape index (κ3) is 3.73. The normalized spacial score (nSPS) is 10.9. The number of halogens is 1. The van der Waals surface area contributed by atoms with Crippen molar-refractivity contribution in [2.75, 3.05) is 12.0 Å². The molecule has 0 aliphatic rings. The fourth-order valence-electron chi connectivity index (χ4n) is 1.55. The second-order valence-electron chi connectivity index (χ2n) is 4.24. The molecule has 0 atom stereocenters. The van der Waals surface area contributed by atoms with Crippen LogP contribution in [0.4, 0.5) is 5.95 Å². The van der Waals surface area contributed by atoms with E-state index in [4.69, 9.17) is 16.3 Å². The Balaban J connectivity index is 2.15. The maximum atomic E-state index is 11.4. The van der Waals surface area contributed by atoms with Gasteiger partial charge >= 0.3 is 0 Å². The lowest BCUT2D eigenvalue weighted by atomic mass is 10.2. The van der Waals surface area contributed by atoms with Gasteiger partial charge in [0.2, 0.25) is 5.95 Å². The van der Waals surface area contributed by atoms with Gasteiger partial charge in [-0.05, 0) is 31.5 Å². The number of aromatic amines is 1. The lowest BCUT2D eigenvalue weighted by molar-refractivity contribution is 0.318. The van der Waals surface area contributed by atoms with Crippen LogP contribution in [0.25, 0.3) is 0 Å². The number of hydrogen-bond donors (Lipinski definition) is 3. The van der Waals surface area contributed by atoms with Gasteiger partial charge in [0.15, 0.2) is 11.5 Å². The Kier molecular flexibility index (Phi) is 4.95. The first-order valence-corrected chi connectivity index (χ1v) is 6.77. The highest BCUT2D eigenvalue weighted by Crippen LogP contribution is 2.34. The van der Waals surface area contributed by atoms with Gasteiger partial charge in [0.25, 0.3) is 5.56 Å². The first-order chi connectivity index (χ1) is 10.5. The number of hydrazone groups is 1. The highest BCUT2D eigenvalue weighted by Gasteiger charge is 2.08. The maximum Gasteiger partial charge on any atom is 0.274 e. The standard InChI is InChI=1S/C13H14ClN5O3/c1-3-22-10-5-8(4-9(14)11(10)20)6-15-18-13-16-12(21)7(2)17-19-13/h4-6,20H,3H2,1-2H3,(H2,16,18,19,21)/b15-6+. The van der Waals surface area contributed by atoms with Crippen LogP contribution >= 0.6 is 11.6 Å².